The molecule has 3 nitrogen and oxygen atoms in total. The minimum Gasteiger partial charge on any atom is -0.493 e. The maximum atomic E-state index is 9.47. The number of fused-ring (bicyclic) bond motifs is 1. The van der Waals surface area contributed by atoms with E-state index in [9.17, 15) is 5.26 Å². The Labute approximate surface area is 145 Å². The highest BCUT2D eigenvalue weighted by Crippen LogP contribution is 2.48. The highest BCUT2D eigenvalue weighted by atomic mass is 16.5. The third-order valence-corrected chi connectivity index (χ3v) is 5.03. The first-order valence-corrected chi connectivity index (χ1v) is 8.59. The smallest absolute Gasteiger partial charge is 0.128 e. The van der Waals surface area contributed by atoms with Gasteiger partial charge in [0.15, 0.2) is 0 Å². The van der Waals surface area contributed by atoms with E-state index in [-0.39, 0.29) is 10.8 Å². The van der Waals surface area contributed by atoms with E-state index in [0.29, 0.717) is 17.9 Å². The molecule has 3 heteroatoms. The van der Waals surface area contributed by atoms with E-state index in [1.54, 1.807) is 0 Å². The van der Waals surface area contributed by atoms with Crippen molar-refractivity contribution in [2.45, 2.75) is 64.7 Å². The Bertz CT molecular complexity index is 742. The topological polar surface area (TPSA) is 56.8 Å². The van der Waals surface area contributed by atoms with Gasteiger partial charge in [-0.3, -0.25) is 0 Å². The minimum atomic E-state index is 0.0517. The molecule has 126 valence electrons. The zero-order chi connectivity index (χ0) is 18.0. The molecule has 1 aromatic rings. The molecule has 0 fully saturated rings. The highest BCUT2D eigenvalue weighted by molar-refractivity contribution is 5.82. The molecule has 0 aliphatic heterocycles. The van der Waals surface area contributed by atoms with Gasteiger partial charge in [0.25, 0.3) is 0 Å². The van der Waals surface area contributed by atoms with E-state index in [2.05, 4.69) is 52.8 Å². The molecular weight excluding hydrogens is 296 g/mol. The Morgan fingerprint density at radius 2 is 1.71 bits per heavy atom. The van der Waals surface area contributed by atoms with E-state index in [1.807, 2.05) is 6.07 Å². The predicted octanol–water partition coefficient (Wildman–Crippen LogP) is 5.25. The lowest BCUT2D eigenvalue weighted by Gasteiger charge is -2.42. The lowest BCUT2D eigenvalue weighted by molar-refractivity contribution is 0.306. The second kappa shape index (κ2) is 6.70. The standard InChI is InChI=1S/C21H26N2O/c1-6-11-24-19-13-18-17(12-16(19)15(14-23)7-10-22)20(2,3)8-9-21(18,4)5/h7,12-13H,6,8-9,11H2,1-5H3. The maximum Gasteiger partial charge on any atom is 0.128 e. The van der Waals surface area contributed by atoms with Crippen molar-refractivity contribution >= 4 is 5.57 Å². The summed E-state index contributed by atoms with van der Waals surface area (Å²) >= 11 is 0. The van der Waals surface area contributed by atoms with Gasteiger partial charge in [-0.15, -0.1) is 0 Å². The monoisotopic (exact) mass is 322 g/mol. The summed E-state index contributed by atoms with van der Waals surface area (Å²) in [6.07, 6.45) is 4.43. The molecule has 1 aliphatic rings. The van der Waals surface area contributed by atoms with Crippen LogP contribution in [0.2, 0.25) is 0 Å². The molecule has 0 saturated carbocycles. The van der Waals surface area contributed by atoms with Crippen LogP contribution in [0.15, 0.2) is 18.2 Å². The third-order valence-electron chi connectivity index (χ3n) is 5.03. The molecule has 2 rings (SSSR count). The van der Waals surface area contributed by atoms with Gasteiger partial charge in [-0.2, -0.15) is 10.5 Å². The number of rotatable bonds is 4. The zero-order valence-electron chi connectivity index (χ0n) is 15.4. The number of allylic oxidation sites excluding steroid dienone is 2. The summed E-state index contributed by atoms with van der Waals surface area (Å²) in [5.74, 6) is 0.712. The molecule has 0 spiro atoms. The number of nitriles is 2. The zero-order valence-corrected chi connectivity index (χ0v) is 15.4. The van der Waals surface area contributed by atoms with Crippen LogP contribution in [-0.4, -0.2) is 6.61 Å². The van der Waals surface area contributed by atoms with Crippen LogP contribution in [-0.2, 0) is 10.8 Å². The molecule has 0 saturated heterocycles. The quantitative estimate of drug-likeness (QED) is 0.711. The van der Waals surface area contributed by atoms with Gasteiger partial charge in [-0.05, 0) is 53.4 Å². The molecule has 0 unspecified atom stereocenters. The normalized spacial score (nSPS) is 18.2. The van der Waals surface area contributed by atoms with Crippen molar-refractivity contribution in [1.82, 2.24) is 0 Å². The first kappa shape index (κ1) is 18.1. The van der Waals surface area contributed by atoms with Gasteiger partial charge in [0, 0.05) is 11.6 Å². The molecule has 1 aromatic carbocycles. The SMILES string of the molecule is CCCOc1cc2c(cc1C(C#N)=CC#N)C(C)(C)CCC2(C)C. The average Bonchev–Trinajstić information content (AvgIpc) is 2.54. The van der Waals surface area contributed by atoms with E-state index in [1.165, 1.54) is 17.2 Å². The van der Waals surface area contributed by atoms with Gasteiger partial charge < -0.3 is 4.74 Å². The second-order valence-electron chi connectivity index (χ2n) is 7.81. The summed E-state index contributed by atoms with van der Waals surface area (Å²) < 4.78 is 5.94. The third kappa shape index (κ3) is 3.31. The number of hydrogen-bond acceptors (Lipinski definition) is 3. The van der Waals surface area contributed by atoms with Crippen molar-refractivity contribution in [3.05, 3.63) is 34.9 Å². The lowest BCUT2D eigenvalue weighted by atomic mass is 9.62. The Hall–Kier alpha value is -2.26. The maximum absolute atomic E-state index is 9.47. The van der Waals surface area contributed by atoms with Crippen LogP contribution >= 0.6 is 0 Å². The summed E-state index contributed by atoms with van der Waals surface area (Å²) in [7, 11) is 0. The Morgan fingerprint density at radius 3 is 2.21 bits per heavy atom. The molecule has 0 heterocycles. The van der Waals surface area contributed by atoms with Gasteiger partial charge in [0.1, 0.15) is 11.8 Å². The van der Waals surface area contributed by atoms with Gasteiger partial charge in [-0.25, -0.2) is 0 Å². The minimum absolute atomic E-state index is 0.0517. The van der Waals surface area contributed by atoms with Crippen LogP contribution in [0, 0.1) is 22.7 Å². The number of hydrogen-bond donors (Lipinski definition) is 0. The summed E-state index contributed by atoms with van der Waals surface area (Å²) in [6.45, 7) is 11.7. The summed E-state index contributed by atoms with van der Waals surface area (Å²) in [4.78, 5) is 0. The molecule has 0 aromatic heterocycles. The fourth-order valence-corrected chi connectivity index (χ4v) is 3.37. The van der Waals surface area contributed by atoms with Crippen LogP contribution in [0.1, 0.15) is 70.6 Å². The van der Waals surface area contributed by atoms with Crippen molar-refractivity contribution in [3.8, 4) is 17.9 Å². The summed E-state index contributed by atoms with van der Waals surface area (Å²) in [5, 5.41) is 18.5. The predicted molar refractivity (Wildman–Crippen MR) is 96.7 cm³/mol. The number of nitrogens with zero attached hydrogens (tertiary/aromatic N) is 2. The van der Waals surface area contributed by atoms with Gasteiger partial charge in [-0.1, -0.05) is 34.6 Å². The number of ether oxygens (including phenoxy) is 1. The summed E-state index contributed by atoms with van der Waals surface area (Å²) in [5.41, 5.74) is 3.79. The van der Waals surface area contributed by atoms with Gasteiger partial charge >= 0.3 is 0 Å². The van der Waals surface area contributed by atoms with Crippen molar-refractivity contribution in [2.24, 2.45) is 0 Å². The van der Waals surface area contributed by atoms with Crippen LogP contribution in [0.25, 0.3) is 5.57 Å². The lowest BCUT2D eigenvalue weighted by Crippen LogP contribution is -2.34. The van der Waals surface area contributed by atoms with E-state index in [0.717, 1.165) is 24.8 Å². The molecule has 1 aliphatic carbocycles. The fourth-order valence-electron chi connectivity index (χ4n) is 3.37. The van der Waals surface area contributed by atoms with Gasteiger partial charge in [0.2, 0.25) is 0 Å². The largest absolute Gasteiger partial charge is 0.493 e. The molecule has 0 amide bonds. The fraction of sp³-hybridized carbons (Fsp3) is 0.524. The van der Waals surface area contributed by atoms with Crippen LogP contribution in [0.3, 0.4) is 0 Å². The molecule has 0 bridgehead atoms. The van der Waals surface area contributed by atoms with Crippen molar-refractivity contribution in [3.63, 3.8) is 0 Å². The van der Waals surface area contributed by atoms with Gasteiger partial charge in [0.05, 0.1) is 18.2 Å². The van der Waals surface area contributed by atoms with Crippen LogP contribution in [0.4, 0.5) is 0 Å². The molecule has 0 atom stereocenters. The van der Waals surface area contributed by atoms with E-state index < -0.39 is 0 Å². The van der Waals surface area contributed by atoms with Crippen molar-refractivity contribution in [2.75, 3.05) is 6.61 Å². The summed E-state index contributed by atoms with van der Waals surface area (Å²) in [6, 6.07) is 8.31. The average molecular weight is 322 g/mol. The Morgan fingerprint density at radius 1 is 1.12 bits per heavy atom. The molecule has 0 radical (unpaired) electrons. The second-order valence-corrected chi connectivity index (χ2v) is 7.81. The van der Waals surface area contributed by atoms with E-state index in [4.69, 9.17) is 10.00 Å². The molecule has 24 heavy (non-hydrogen) atoms. The Balaban J connectivity index is 2.74. The molecule has 0 N–H and O–H groups in total. The van der Waals surface area contributed by atoms with Crippen LogP contribution < -0.4 is 4.74 Å². The highest BCUT2D eigenvalue weighted by Gasteiger charge is 2.38. The first-order chi connectivity index (χ1) is 11.3. The first-order valence-electron chi connectivity index (χ1n) is 8.59. The van der Waals surface area contributed by atoms with Crippen molar-refractivity contribution in [1.29, 1.82) is 10.5 Å². The Kier molecular flexibility index (Phi) is 5.05. The number of benzene rings is 1. The van der Waals surface area contributed by atoms with E-state index >= 15 is 0 Å². The van der Waals surface area contributed by atoms with Crippen LogP contribution in [0.5, 0.6) is 5.75 Å². The molecular formula is C21H26N2O. The van der Waals surface area contributed by atoms with Crippen molar-refractivity contribution < 1.29 is 4.74 Å².